The van der Waals surface area contributed by atoms with Gasteiger partial charge in [0.05, 0.1) is 6.54 Å². The molecule has 0 unspecified atom stereocenters. The molecule has 0 saturated heterocycles. The predicted molar refractivity (Wildman–Crippen MR) is 70.1 cm³/mol. The van der Waals surface area contributed by atoms with E-state index in [1.54, 1.807) is 12.4 Å². The summed E-state index contributed by atoms with van der Waals surface area (Å²) in [6.45, 7) is 0.557. The fraction of sp³-hybridized carbons (Fsp3) is 0.455. The van der Waals surface area contributed by atoms with Gasteiger partial charge in [-0.2, -0.15) is 0 Å². The fourth-order valence-electron chi connectivity index (χ4n) is 1.79. The van der Waals surface area contributed by atoms with E-state index in [4.69, 9.17) is 5.84 Å². The van der Waals surface area contributed by atoms with Gasteiger partial charge in [-0.15, -0.1) is 10.2 Å². The molecule has 100 valence electrons. The van der Waals surface area contributed by atoms with Gasteiger partial charge < -0.3 is 15.3 Å². The molecule has 8 heteroatoms. The average Bonchev–Trinajstić information content (AvgIpc) is 3.20. The van der Waals surface area contributed by atoms with Gasteiger partial charge in [-0.25, -0.2) is 15.8 Å². The highest BCUT2D eigenvalue weighted by Gasteiger charge is 2.27. The summed E-state index contributed by atoms with van der Waals surface area (Å²) in [6, 6.07) is 1.78. The van der Waals surface area contributed by atoms with E-state index in [9.17, 15) is 0 Å². The van der Waals surface area contributed by atoms with Crippen molar-refractivity contribution >= 4 is 11.6 Å². The molecule has 0 aliphatic heterocycles. The van der Waals surface area contributed by atoms with Crippen molar-refractivity contribution in [3.63, 3.8) is 0 Å². The van der Waals surface area contributed by atoms with Crippen molar-refractivity contribution in [2.45, 2.75) is 25.3 Å². The Morgan fingerprint density at radius 3 is 2.79 bits per heavy atom. The zero-order chi connectivity index (χ0) is 13.2. The minimum absolute atomic E-state index is 0.476. The molecular weight excluding hydrogens is 244 g/mol. The van der Waals surface area contributed by atoms with Gasteiger partial charge in [-0.1, -0.05) is 0 Å². The Bertz CT molecular complexity index is 574. The second-order valence-electron chi connectivity index (χ2n) is 4.63. The number of aryl methyl sites for hydroxylation is 1. The molecule has 0 bridgehead atoms. The molecule has 2 heterocycles. The Morgan fingerprint density at radius 2 is 2.16 bits per heavy atom. The maximum atomic E-state index is 5.43. The molecule has 0 radical (unpaired) electrons. The molecule has 0 amide bonds. The second kappa shape index (κ2) is 4.81. The van der Waals surface area contributed by atoms with Crippen LogP contribution >= 0.6 is 0 Å². The molecule has 2 aromatic heterocycles. The number of hydrogen-bond acceptors (Lipinski definition) is 7. The third kappa shape index (κ3) is 2.63. The molecule has 19 heavy (non-hydrogen) atoms. The number of nitrogens with zero attached hydrogens (tertiary/aromatic N) is 5. The van der Waals surface area contributed by atoms with Crippen LogP contribution in [0.15, 0.2) is 12.4 Å². The molecule has 1 aliphatic rings. The third-order valence-electron chi connectivity index (χ3n) is 3.07. The predicted octanol–water partition coefficient (Wildman–Crippen LogP) is 0.380. The van der Waals surface area contributed by atoms with Crippen LogP contribution < -0.4 is 16.6 Å². The van der Waals surface area contributed by atoms with Crippen LogP contribution in [0, 0.1) is 0 Å². The normalized spacial score (nSPS) is 14.4. The summed E-state index contributed by atoms with van der Waals surface area (Å²) in [5.41, 5.74) is 2.57. The van der Waals surface area contributed by atoms with Gasteiger partial charge in [0.15, 0.2) is 5.82 Å². The van der Waals surface area contributed by atoms with Crippen LogP contribution in [-0.4, -0.2) is 24.7 Å². The zero-order valence-corrected chi connectivity index (χ0v) is 10.7. The summed E-state index contributed by atoms with van der Waals surface area (Å²) in [5, 5.41) is 11.1. The van der Waals surface area contributed by atoms with E-state index in [0.29, 0.717) is 18.3 Å². The SMILES string of the molecule is Cn1cnnc1CNc1cc(NN)nc(C2CC2)n1. The first-order chi connectivity index (χ1) is 9.26. The highest BCUT2D eigenvalue weighted by Crippen LogP contribution is 2.38. The highest BCUT2D eigenvalue weighted by atomic mass is 15.3. The van der Waals surface area contributed by atoms with E-state index in [1.807, 2.05) is 11.6 Å². The van der Waals surface area contributed by atoms with Crippen molar-refractivity contribution in [3.05, 3.63) is 24.0 Å². The van der Waals surface area contributed by atoms with Crippen molar-refractivity contribution in [2.24, 2.45) is 12.9 Å². The summed E-state index contributed by atoms with van der Waals surface area (Å²) in [4.78, 5) is 8.85. The van der Waals surface area contributed by atoms with Gasteiger partial charge in [0.2, 0.25) is 0 Å². The fourth-order valence-corrected chi connectivity index (χ4v) is 1.79. The zero-order valence-electron chi connectivity index (χ0n) is 10.7. The van der Waals surface area contributed by atoms with Crippen LogP contribution in [0.3, 0.4) is 0 Å². The summed E-state index contributed by atoms with van der Waals surface area (Å²) < 4.78 is 1.86. The van der Waals surface area contributed by atoms with Crippen LogP contribution in [0.5, 0.6) is 0 Å². The van der Waals surface area contributed by atoms with Crippen molar-refractivity contribution in [3.8, 4) is 0 Å². The second-order valence-corrected chi connectivity index (χ2v) is 4.63. The molecule has 4 N–H and O–H groups in total. The maximum Gasteiger partial charge on any atom is 0.151 e. The monoisotopic (exact) mass is 260 g/mol. The Hall–Kier alpha value is -2.22. The van der Waals surface area contributed by atoms with E-state index < -0.39 is 0 Å². The van der Waals surface area contributed by atoms with Crippen LogP contribution in [0.1, 0.15) is 30.4 Å². The van der Waals surface area contributed by atoms with Crippen LogP contribution in [-0.2, 0) is 13.6 Å². The number of nitrogens with two attached hydrogens (primary N) is 1. The van der Waals surface area contributed by atoms with Gasteiger partial charge in [0.1, 0.15) is 23.8 Å². The van der Waals surface area contributed by atoms with Gasteiger partial charge in [0, 0.05) is 19.0 Å². The van der Waals surface area contributed by atoms with Crippen molar-refractivity contribution in [2.75, 3.05) is 10.7 Å². The van der Waals surface area contributed by atoms with Crippen molar-refractivity contribution in [1.29, 1.82) is 0 Å². The molecule has 0 atom stereocenters. The molecule has 0 spiro atoms. The maximum absolute atomic E-state index is 5.43. The quantitative estimate of drug-likeness (QED) is 0.527. The summed E-state index contributed by atoms with van der Waals surface area (Å²) in [6.07, 6.45) is 3.97. The van der Waals surface area contributed by atoms with Gasteiger partial charge in [0.25, 0.3) is 0 Å². The smallest absolute Gasteiger partial charge is 0.151 e. The molecule has 0 aromatic carbocycles. The Morgan fingerprint density at radius 1 is 1.37 bits per heavy atom. The van der Waals surface area contributed by atoms with Gasteiger partial charge in [-0.05, 0) is 12.8 Å². The molecule has 8 nitrogen and oxygen atoms in total. The molecular formula is C11H16N8. The lowest BCUT2D eigenvalue weighted by Crippen LogP contribution is -2.13. The van der Waals surface area contributed by atoms with Crippen LogP contribution in [0.2, 0.25) is 0 Å². The lowest BCUT2D eigenvalue weighted by atomic mass is 10.3. The minimum atomic E-state index is 0.476. The topological polar surface area (TPSA) is 107 Å². The Labute approximate surface area is 110 Å². The van der Waals surface area contributed by atoms with Crippen molar-refractivity contribution in [1.82, 2.24) is 24.7 Å². The number of nitrogen functional groups attached to an aromatic ring is 1. The first kappa shape index (κ1) is 11.8. The number of rotatable bonds is 5. The van der Waals surface area contributed by atoms with Crippen LogP contribution in [0.4, 0.5) is 11.6 Å². The molecule has 3 rings (SSSR count). The van der Waals surface area contributed by atoms with E-state index >= 15 is 0 Å². The van der Waals surface area contributed by atoms with E-state index in [1.165, 1.54) is 0 Å². The first-order valence-corrected chi connectivity index (χ1v) is 6.18. The number of aromatic nitrogens is 5. The number of anilines is 2. The van der Waals surface area contributed by atoms with E-state index in [0.717, 1.165) is 30.3 Å². The highest BCUT2D eigenvalue weighted by molar-refractivity contribution is 5.47. The average molecular weight is 260 g/mol. The summed E-state index contributed by atoms with van der Waals surface area (Å²) in [5.74, 6) is 8.96. The molecule has 2 aromatic rings. The Kier molecular flexibility index (Phi) is 3.00. The lowest BCUT2D eigenvalue weighted by molar-refractivity contribution is 0.807. The first-order valence-electron chi connectivity index (χ1n) is 6.18. The van der Waals surface area contributed by atoms with Crippen LogP contribution in [0.25, 0.3) is 0 Å². The number of hydrazine groups is 1. The van der Waals surface area contributed by atoms with Crippen molar-refractivity contribution < 1.29 is 0 Å². The Balaban J connectivity index is 1.76. The van der Waals surface area contributed by atoms with E-state index in [2.05, 4.69) is 30.9 Å². The van der Waals surface area contributed by atoms with Gasteiger partial charge in [-0.3, -0.25) is 0 Å². The summed E-state index contributed by atoms with van der Waals surface area (Å²) >= 11 is 0. The molecule has 1 fully saturated rings. The van der Waals surface area contributed by atoms with Gasteiger partial charge >= 0.3 is 0 Å². The van der Waals surface area contributed by atoms with E-state index in [-0.39, 0.29) is 0 Å². The standard InChI is InChI=1S/C11H16N8/c1-19-6-14-18-10(19)5-13-8-4-9(17-12)16-11(15-8)7-2-3-7/h4,6-7H,2-3,5,12H2,1H3,(H2,13,15,16,17). The number of hydrogen-bond donors (Lipinski definition) is 3. The molecule has 1 aliphatic carbocycles. The summed E-state index contributed by atoms with van der Waals surface area (Å²) in [7, 11) is 1.90. The third-order valence-corrected chi connectivity index (χ3v) is 3.07. The largest absolute Gasteiger partial charge is 0.363 e. The lowest BCUT2D eigenvalue weighted by Gasteiger charge is -2.09. The molecule has 1 saturated carbocycles. The minimum Gasteiger partial charge on any atom is -0.363 e. The number of nitrogens with one attached hydrogen (secondary N) is 2.